The predicted octanol–water partition coefficient (Wildman–Crippen LogP) is 5.06. The van der Waals surface area contributed by atoms with E-state index < -0.39 is 0 Å². The minimum absolute atomic E-state index is 0.857. The molecule has 0 saturated heterocycles. The highest BCUT2D eigenvalue weighted by molar-refractivity contribution is 5.95. The van der Waals surface area contributed by atoms with Gasteiger partial charge in [-0.15, -0.1) is 0 Å². The Hall–Kier alpha value is -3.97. The smallest absolute Gasteiger partial charge is 0.0996 e. The number of hydrogen-bond acceptors (Lipinski definition) is 6. The maximum Gasteiger partial charge on any atom is 0.0996 e. The van der Waals surface area contributed by atoms with E-state index in [9.17, 15) is 0 Å². The second-order valence-electron chi connectivity index (χ2n) is 7.95. The molecule has 0 radical (unpaired) electrons. The number of hydrogen-bond donors (Lipinski definition) is 1. The average Bonchev–Trinajstić information content (AvgIpc) is 3.50. The van der Waals surface area contributed by atoms with E-state index in [0.717, 1.165) is 57.8 Å². The summed E-state index contributed by atoms with van der Waals surface area (Å²) in [6.07, 6.45) is 11.0. The maximum atomic E-state index is 5.18. The van der Waals surface area contributed by atoms with E-state index in [1.165, 1.54) is 0 Å². The summed E-state index contributed by atoms with van der Waals surface area (Å²) < 4.78 is 7.16. The Labute approximate surface area is 186 Å². The lowest BCUT2D eigenvalue weighted by atomic mass is 10.1. The Morgan fingerprint density at radius 3 is 2.72 bits per heavy atom. The molecule has 5 aromatic rings. The zero-order valence-corrected chi connectivity index (χ0v) is 18.1. The second kappa shape index (κ2) is 8.64. The number of nitrogens with one attached hydrogen (secondary N) is 1. The van der Waals surface area contributed by atoms with Crippen molar-refractivity contribution in [1.29, 1.82) is 0 Å². The minimum Gasteiger partial charge on any atom is -0.472 e. The van der Waals surface area contributed by atoms with Crippen LogP contribution < -0.4 is 5.32 Å². The highest BCUT2D eigenvalue weighted by Gasteiger charge is 2.08. The molecule has 0 spiro atoms. The third-order valence-corrected chi connectivity index (χ3v) is 5.34. The van der Waals surface area contributed by atoms with Crippen molar-refractivity contribution in [2.75, 3.05) is 26.0 Å². The minimum atomic E-state index is 0.857. The molecule has 0 atom stereocenters. The molecule has 32 heavy (non-hydrogen) atoms. The number of nitrogens with zero attached hydrogens (tertiary/aromatic N) is 5. The van der Waals surface area contributed by atoms with Crippen molar-refractivity contribution in [2.45, 2.75) is 6.54 Å². The number of anilines is 2. The summed E-state index contributed by atoms with van der Waals surface area (Å²) in [7, 11) is 4.13. The molecular formula is C25H24N6O. The van der Waals surface area contributed by atoms with Crippen LogP contribution in [0.3, 0.4) is 0 Å². The van der Waals surface area contributed by atoms with Gasteiger partial charge in [-0.1, -0.05) is 12.1 Å². The first-order chi connectivity index (χ1) is 15.7. The molecule has 7 nitrogen and oxygen atoms in total. The Balaban J connectivity index is 1.41. The van der Waals surface area contributed by atoms with Gasteiger partial charge in [0.1, 0.15) is 0 Å². The van der Waals surface area contributed by atoms with Gasteiger partial charge in [0.25, 0.3) is 0 Å². The van der Waals surface area contributed by atoms with Crippen LogP contribution >= 0.6 is 0 Å². The van der Waals surface area contributed by atoms with Crippen LogP contribution in [0, 0.1) is 0 Å². The van der Waals surface area contributed by atoms with Gasteiger partial charge in [-0.05, 0) is 50.0 Å². The molecule has 160 valence electrons. The van der Waals surface area contributed by atoms with Crippen molar-refractivity contribution in [3.05, 3.63) is 79.8 Å². The SMILES string of the molecule is CN(C)CCn1cc(-c2ccc3c(Nc4ccnc(-c5ccoc5)c4)ccnc3c2)cn1. The highest BCUT2D eigenvalue weighted by atomic mass is 16.3. The first kappa shape index (κ1) is 20.0. The Morgan fingerprint density at radius 2 is 1.88 bits per heavy atom. The Bertz CT molecular complexity index is 1340. The van der Waals surface area contributed by atoms with Crippen molar-refractivity contribution >= 4 is 22.3 Å². The van der Waals surface area contributed by atoms with Gasteiger partial charge in [-0.25, -0.2) is 0 Å². The molecule has 1 N–H and O–H groups in total. The fourth-order valence-corrected chi connectivity index (χ4v) is 3.61. The number of pyridine rings is 2. The molecule has 0 aliphatic rings. The summed E-state index contributed by atoms with van der Waals surface area (Å²) in [6.45, 7) is 1.81. The quantitative estimate of drug-likeness (QED) is 0.394. The second-order valence-corrected chi connectivity index (χ2v) is 7.95. The molecule has 0 saturated carbocycles. The lowest BCUT2D eigenvalue weighted by Gasteiger charge is -2.11. The topological polar surface area (TPSA) is 72.0 Å². The molecule has 0 bridgehead atoms. The number of furan rings is 1. The van der Waals surface area contributed by atoms with Crippen molar-refractivity contribution in [1.82, 2.24) is 24.6 Å². The Kier molecular flexibility index (Phi) is 5.39. The van der Waals surface area contributed by atoms with E-state index in [4.69, 9.17) is 4.42 Å². The van der Waals surface area contributed by atoms with E-state index in [2.05, 4.69) is 63.8 Å². The maximum absolute atomic E-state index is 5.18. The summed E-state index contributed by atoms with van der Waals surface area (Å²) in [6, 6.07) is 14.2. The van der Waals surface area contributed by atoms with Crippen LogP contribution in [0.5, 0.6) is 0 Å². The van der Waals surface area contributed by atoms with Crippen LogP contribution in [0.1, 0.15) is 0 Å². The molecule has 0 amide bonds. The van der Waals surface area contributed by atoms with Crippen molar-refractivity contribution < 1.29 is 4.42 Å². The van der Waals surface area contributed by atoms with E-state index in [1.807, 2.05) is 41.3 Å². The summed E-state index contributed by atoms with van der Waals surface area (Å²) in [5.41, 5.74) is 6.87. The normalized spacial score (nSPS) is 11.3. The lowest BCUT2D eigenvalue weighted by Crippen LogP contribution is -2.18. The lowest BCUT2D eigenvalue weighted by molar-refractivity contribution is 0.373. The summed E-state index contributed by atoms with van der Waals surface area (Å²) >= 11 is 0. The molecule has 0 unspecified atom stereocenters. The van der Waals surface area contributed by atoms with Gasteiger partial charge >= 0.3 is 0 Å². The van der Waals surface area contributed by atoms with Gasteiger partial charge in [-0.3, -0.25) is 14.6 Å². The van der Waals surface area contributed by atoms with Gasteiger partial charge in [0.05, 0.1) is 36.5 Å². The molecule has 1 aromatic carbocycles. The molecule has 4 heterocycles. The van der Waals surface area contributed by atoms with E-state index in [0.29, 0.717) is 0 Å². The van der Waals surface area contributed by atoms with Gasteiger partial charge in [0, 0.05) is 53.0 Å². The Morgan fingerprint density at radius 1 is 0.969 bits per heavy atom. The molecule has 7 heteroatoms. The standard InChI is InChI=1S/C25H24N6O/c1-30(2)10-11-31-16-20(15-28-31)18-3-4-22-23(6-9-27-25(22)13-18)29-21-5-8-26-24(14-21)19-7-12-32-17-19/h3-9,12-17H,10-11H2,1-2H3,(H,26,27,29). The summed E-state index contributed by atoms with van der Waals surface area (Å²) in [5, 5.41) is 9.05. The zero-order valence-electron chi connectivity index (χ0n) is 18.1. The predicted molar refractivity (Wildman–Crippen MR) is 127 cm³/mol. The first-order valence-electron chi connectivity index (χ1n) is 10.5. The summed E-state index contributed by atoms with van der Waals surface area (Å²) in [5.74, 6) is 0. The fraction of sp³-hybridized carbons (Fsp3) is 0.160. The van der Waals surface area contributed by atoms with E-state index in [-0.39, 0.29) is 0 Å². The fourth-order valence-electron chi connectivity index (χ4n) is 3.61. The van der Waals surface area contributed by atoms with Gasteiger partial charge < -0.3 is 14.6 Å². The first-order valence-corrected chi connectivity index (χ1v) is 10.5. The molecular weight excluding hydrogens is 400 g/mol. The number of benzene rings is 1. The van der Waals surface area contributed by atoms with Gasteiger partial charge in [0.15, 0.2) is 0 Å². The number of fused-ring (bicyclic) bond motifs is 1. The van der Waals surface area contributed by atoms with Crippen molar-refractivity contribution in [3.63, 3.8) is 0 Å². The average molecular weight is 425 g/mol. The molecule has 0 fully saturated rings. The van der Waals surface area contributed by atoms with Gasteiger partial charge in [-0.2, -0.15) is 5.10 Å². The number of rotatable bonds is 7. The molecule has 0 aliphatic heterocycles. The van der Waals surface area contributed by atoms with Crippen LogP contribution in [0.15, 0.2) is 84.2 Å². The van der Waals surface area contributed by atoms with Crippen molar-refractivity contribution in [2.24, 2.45) is 0 Å². The molecule has 0 aliphatic carbocycles. The van der Waals surface area contributed by atoms with Crippen LogP contribution in [0.2, 0.25) is 0 Å². The van der Waals surface area contributed by atoms with Crippen LogP contribution in [-0.4, -0.2) is 45.3 Å². The van der Waals surface area contributed by atoms with Gasteiger partial charge in [0.2, 0.25) is 0 Å². The largest absolute Gasteiger partial charge is 0.472 e. The van der Waals surface area contributed by atoms with Crippen LogP contribution in [0.4, 0.5) is 11.4 Å². The molecule has 4 aromatic heterocycles. The molecule has 5 rings (SSSR count). The van der Waals surface area contributed by atoms with E-state index >= 15 is 0 Å². The van der Waals surface area contributed by atoms with Crippen LogP contribution in [-0.2, 0) is 6.54 Å². The third kappa shape index (κ3) is 4.24. The summed E-state index contributed by atoms with van der Waals surface area (Å²) in [4.78, 5) is 11.2. The number of aromatic nitrogens is 4. The monoisotopic (exact) mass is 424 g/mol. The zero-order chi connectivity index (χ0) is 21.9. The number of likely N-dealkylation sites (N-methyl/N-ethyl adjacent to an activating group) is 1. The van der Waals surface area contributed by atoms with Crippen LogP contribution in [0.25, 0.3) is 33.3 Å². The van der Waals surface area contributed by atoms with Crippen molar-refractivity contribution in [3.8, 4) is 22.4 Å². The van der Waals surface area contributed by atoms with E-state index in [1.54, 1.807) is 18.7 Å². The highest BCUT2D eigenvalue weighted by Crippen LogP contribution is 2.30. The third-order valence-electron chi connectivity index (χ3n) is 5.34.